The van der Waals surface area contributed by atoms with Gasteiger partial charge in [0.25, 0.3) is 0 Å². The van der Waals surface area contributed by atoms with Crippen LogP contribution in [0.5, 0.6) is 0 Å². The summed E-state index contributed by atoms with van der Waals surface area (Å²) >= 11 is 0. The monoisotopic (exact) mass is 178 g/mol. The highest BCUT2D eigenvalue weighted by atomic mass is 13.8. The Morgan fingerprint density at radius 3 is 2.08 bits per heavy atom. The fourth-order valence-corrected chi connectivity index (χ4v) is 1.04. The molecule has 0 saturated heterocycles. The second kappa shape index (κ2) is 11.2. The first-order valence-corrected chi connectivity index (χ1v) is 5.34. The molecule has 0 N–H and O–H groups in total. The van der Waals surface area contributed by atoms with Crippen LogP contribution in [0.15, 0.2) is 36.5 Å². The molecule has 0 aromatic rings. The predicted octanol–water partition coefficient (Wildman–Crippen LogP) is 4.65. The normalized spacial score (nSPS) is 12.5. The van der Waals surface area contributed by atoms with E-state index in [-0.39, 0.29) is 0 Å². The van der Waals surface area contributed by atoms with Gasteiger partial charge >= 0.3 is 0 Å². The zero-order chi connectivity index (χ0) is 9.78. The SMILES string of the molecule is CC=CCCCC=CC=CCCC. The van der Waals surface area contributed by atoms with Crippen molar-refractivity contribution in [1.82, 2.24) is 0 Å². The smallest absolute Gasteiger partial charge is 0.0345 e. The van der Waals surface area contributed by atoms with Crippen molar-refractivity contribution < 1.29 is 0 Å². The summed E-state index contributed by atoms with van der Waals surface area (Å²) in [7, 11) is 0. The molecular formula is C13H22. The molecule has 0 heteroatoms. The summed E-state index contributed by atoms with van der Waals surface area (Å²) in [5.74, 6) is 0. The molecule has 0 amide bonds. The first kappa shape index (κ1) is 12.2. The molecule has 0 aliphatic rings. The van der Waals surface area contributed by atoms with Crippen LogP contribution in [-0.4, -0.2) is 0 Å². The lowest BCUT2D eigenvalue weighted by Gasteiger charge is -1.88. The second-order valence-electron chi connectivity index (χ2n) is 3.14. The summed E-state index contributed by atoms with van der Waals surface area (Å²) in [6, 6.07) is 0. The van der Waals surface area contributed by atoms with E-state index in [1.165, 1.54) is 32.1 Å². The third-order valence-corrected chi connectivity index (χ3v) is 1.82. The van der Waals surface area contributed by atoms with E-state index in [2.05, 4.69) is 50.3 Å². The van der Waals surface area contributed by atoms with Crippen LogP contribution in [0, 0.1) is 0 Å². The molecule has 0 bridgehead atoms. The minimum Gasteiger partial charge on any atom is -0.0917 e. The van der Waals surface area contributed by atoms with E-state index in [1.54, 1.807) is 0 Å². The Hall–Kier alpha value is -0.780. The number of hydrogen-bond donors (Lipinski definition) is 0. The van der Waals surface area contributed by atoms with Crippen molar-refractivity contribution in [2.75, 3.05) is 0 Å². The van der Waals surface area contributed by atoms with Crippen LogP contribution in [0.3, 0.4) is 0 Å². The molecule has 74 valence electrons. The van der Waals surface area contributed by atoms with E-state index in [0.717, 1.165) is 0 Å². The van der Waals surface area contributed by atoms with Gasteiger partial charge in [0.05, 0.1) is 0 Å². The Labute approximate surface area is 83.0 Å². The highest BCUT2D eigenvalue weighted by Gasteiger charge is 1.78. The van der Waals surface area contributed by atoms with Crippen molar-refractivity contribution in [1.29, 1.82) is 0 Å². The molecule has 0 fully saturated rings. The summed E-state index contributed by atoms with van der Waals surface area (Å²) in [4.78, 5) is 0. The van der Waals surface area contributed by atoms with E-state index in [4.69, 9.17) is 0 Å². The zero-order valence-corrected chi connectivity index (χ0v) is 9.00. The Kier molecular flexibility index (Phi) is 10.5. The lowest BCUT2D eigenvalue weighted by Crippen LogP contribution is -1.67. The van der Waals surface area contributed by atoms with Crippen LogP contribution in [-0.2, 0) is 0 Å². The standard InChI is InChI=1S/C13H22/c1-3-5-7-9-11-13-12-10-8-6-4-2/h3,5,8,10,12-13H,4,6-7,9,11H2,1-2H3. The number of hydrogen-bond acceptors (Lipinski definition) is 0. The van der Waals surface area contributed by atoms with Crippen molar-refractivity contribution in [3.05, 3.63) is 36.5 Å². The first-order valence-electron chi connectivity index (χ1n) is 5.34. The Balaban J connectivity index is 3.21. The van der Waals surface area contributed by atoms with E-state index in [9.17, 15) is 0 Å². The lowest BCUT2D eigenvalue weighted by molar-refractivity contribution is 0.867. The van der Waals surface area contributed by atoms with Gasteiger partial charge in [0, 0.05) is 0 Å². The van der Waals surface area contributed by atoms with Gasteiger partial charge in [-0.3, -0.25) is 0 Å². The maximum Gasteiger partial charge on any atom is -0.0345 e. The Bertz CT molecular complexity index is 161. The van der Waals surface area contributed by atoms with Crippen LogP contribution in [0.4, 0.5) is 0 Å². The van der Waals surface area contributed by atoms with E-state index >= 15 is 0 Å². The highest BCUT2D eigenvalue weighted by molar-refractivity contribution is 5.02. The number of allylic oxidation sites excluding steroid dienone is 6. The van der Waals surface area contributed by atoms with Crippen molar-refractivity contribution in [3.63, 3.8) is 0 Å². The van der Waals surface area contributed by atoms with Gasteiger partial charge in [-0.1, -0.05) is 49.8 Å². The fraction of sp³-hybridized carbons (Fsp3) is 0.538. The van der Waals surface area contributed by atoms with Crippen LogP contribution in [0.1, 0.15) is 46.0 Å². The van der Waals surface area contributed by atoms with E-state index < -0.39 is 0 Å². The van der Waals surface area contributed by atoms with Gasteiger partial charge < -0.3 is 0 Å². The summed E-state index contributed by atoms with van der Waals surface area (Å²) in [5.41, 5.74) is 0. The van der Waals surface area contributed by atoms with Crippen molar-refractivity contribution in [2.45, 2.75) is 46.0 Å². The topological polar surface area (TPSA) is 0 Å². The fourth-order valence-electron chi connectivity index (χ4n) is 1.04. The average Bonchev–Trinajstić information content (AvgIpc) is 2.16. The van der Waals surface area contributed by atoms with Crippen molar-refractivity contribution >= 4 is 0 Å². The van der Waals surface area contributed by atoms with E-state index in [1.807, 2.05) is 0 Å². The van der Waals surface area contributed by atoms with Crippen LogP contribution < -0.4 is 0 Å². The minimum atomic E-state index is 1.20. The van der Waals surface area contributed by atoms with E-state index in [0.29, 0.717) is 0 Å². The van der Waals surface area contributed by atoms with Gasteiger partial charge in [0.15, 0.2) is 0 Å². The van der Waals surface area contributed by atoms with Gasteiger partial charge in [0.2, 0.25) is 0 Å². The lowest BCUT2D eigenvalue weighted by atomic mass is 10.2. The predicted molar refractivity (Wildman–Crippen MR) is 61.9 cm³/mol. The Morgan fingerprint density at radius 2 is 1.46 bits per heavy atom. The zero-order valence-electron chi connectivity index (χ0n) is 9.00. The van der Waals surface area contributed by atoms with Crippen LogP contribution in [0.2, 0.25) is 0 Å². The molecular weight excluding hydrogens is 156 g/mol. The molecule has 0 spiro atoms. The molecule has 0 atom stereocenters. The first-order chi connectivity index (χ1) is 6.41. The summed E-state index contributed by atoms with van der Waals surface area (Å²) in [6.45, 7) is 4.27. The van der Waals surface area contributed by atoms with Crippen LogP contribution in [0.25, 0.3) is 0 Å². The molecule has 0 aromatic heterocycles. The summed E-state index contributed by atoms with van der Waals surface area (Å²) < 4.78 is 0. The summed E-state index contributed by atoms with van der Waals surface area (Å²) in [5, 5.41) is 0. The maximum atomic E-state index is 2.25. The van der Waals surface area contributed by atoms with Gasteiger partial charge in [0.1, 0.15) is 0 Å². The molecule has 0 aromatic carbocycles. The number of unbranched alkanes of at least 4 members (excludes halogenated alkanes) is 3. The number of rotatable bonds is 7. The average molecular weight is 178 g/mol. The maximum absolute atomic E-state index is 2.25. The molecule has 0 heterocycles. The molecule has 0 aliphatic heterocycles. The minimum absolute atomic E-state index is 1.20. The molecule has 0 saturated carbocycles. The molecule has 0 unspecified atom stereocenters. The molecule has 0 nitrogen and oxygen atoms in total. The van der Waals surface area contributed by atoms with Crippen LogP contribution >= 0.6 is 0 Å². The Morgan fingerprint density at radius 1 is 0.846 bits per heavy atom. The molecule has 13 heavy (non-hydrogen) atoms. The summed E-state index contributed by atoms with van der Waals surface area (Å²) in [6.07, 6.45) is 19.2. The third kappa shape index (κ3) is 11.2. The quantitative estimate of drug-likeness (QED) is 0.302. The van der Waals surface area contributed by atoms with Crippen molar-refractivity contribution in [3.8, 4) is 0 Å². The molecule has 0 radical (unpaired) electrons. The van der Waals surface area contributed by atoms with Gasteiger partial charge in [-0.25, -0.2) is 0 Å². The second-order valence-corrected chi connectivity index (χ2v) is 3.14. The third-order valence-electron chi connectivity index (χ3n) is 1.82. The van der Waals surface area contributed by atoms with Gasteiger partial charge in [-0.15, -0.1) is 0 Å². The van der Waals surface area contributed by atoms with Gasteiger partial charge in [-0.05, 0) is 32.6 Å². The molecule has 0 aliphatic carbocycles. The van der Waals surface area contributed by atoms with Gasteiger partial charge in [-0.2, -0.15) is 0 Å². The largest absolute Gasteiger partial charge is 0.0917 e. The van der Waals surface area contributed by atoms with Crippen molar-refractivity contribution in [2.24, 2.45) is 0 Å². The highest BCUT2D eigenvalue weighted by Crippen LogP contribution is 1.98. The molecule has 0 rings (SSSR count).